The first-order valence-corrected chi connectivity index (χ1v) is 9.49. The predicted molar refractivity (Wildman–Crippen MR) is 108 cm³/mol. The third-order valence-corrected chi connectivity index (χ3v) is 5.83. The number of benzene rings is 2. The highest BCUT2D eigenvalue weighted by atomic mass is 35.5. The molecule has 4 heteroatoms. The molecule has 2 bridgehead atoms. The normalized spacial score (nSPS) is 26.0. The number of Topliss-reactive ketones (excluding diaryl/α,β-unsaturated/α-hetero) is 1. The molecule has 2 aliphatic rings. The molecule has 0 aromatic heterocycles. The highest BCUT2D eigenvalue weighted by Crippen LogP contribution is 2.40. The van der Waals surface area contributed by atoms with Gasteiger partial charge >= 0.3 is 0 Å². The van der Waals surface area contributed by atoms with Gasteiger partial charge in [-0.25, -0.2) is 0 Å². The quantitative estimate of drug-likeness (QED) is 0.637. The second kappa shape index (κ2) is 7.03. The van der Waals surface area contributed by atoms with Crippen molar-refractivity contribution in [3.63, 3.8) is 0 Å². The number of likely N-dealkylation sites (N-methyl/N-ethyl adjacent to an activating group) is 1. The number of hydrogen-bond donors (Lipinski definition) is 0. The van der Waals surface area contributed by atoms with E-state index in [1.54, 1.807) is 0 Å². The van der Waals surface area contributed by atoms with Gasteiger partial charge in [0, 0.05) is 33.3 Å². The number of carbonyl (C=O) groups is 1. The van der Waals surface area contributed by atoms with Crippen LogP contribution in [0, 0.1) is 0 Å². The van der Waals surface area contributed by atoms with Gasteiger partial charge in [-0.2, -0.15) is 0 Å². The zero-order valence-electron chi connectivity index (χ0n) is 14.5. The van der Waals surface area contributed by atoms with E-state index >= 15 is 0 Å². The summed E-state index contributed by atoms with van der Waals surface area (Å²) in [4.78, 5) is 15.6. The van der Waals surface area contributed by atoms with Gasteiger partial charge in [-0.15, -0.1) is 0 Å². The zero-order chi connectivity index (χ0) is 18.3. The van der Waals surface area contributed by atoms with E-state index in [-0.39, 0.29) is 17.9 Å². The van der Waals surface area contributed by atoms with E-state index in [1.807, 2.05) is 60.7 Å². The van der Waals surface area contributed by atoms with Crippen LogP contribution in [0.3, 0.4) is 0 Å². The Kier molecular flexibility index (Phi) is 4.74. The summed E-state index contributed by atoms with van der Waals surface area (Å²) >= 11 is 12.0. The molecular formula is C22H19Cl2NO. The monoisotopic (exact) mass is 383 g/mol. The Balaban J connectivity index is 1.75. The van der Waals surface area contributed by atoms with Crippen molar-refractivity contribution in [2.24, 2.45) is 0 Å². The van der Waals surface area contributed by atoms with Gasteiger partial charge in [0.05, 0.1) is 0 Å². The van der Waals surface area contributed by atoms with Crippen LogP contribution in [0.1, 0.15) is 24.0 Å². The van der Waals surface area contributed by atoms with Crippen LogP contribution in [0.4, 0.5) is 0 Å². The van der Waals surface area contributed by atoms with Crippen molar-refractivity contribution in [1.82, 2.24) is 4.90 Å². The van der Waals surface area contributed by atoms with E-state index < -0.39 is 0 Å². The topological polar surface area (TPSA) is 20.3 Å². The molecule has 4 rings (SSSR count). The molecule has 0 unspecified atom stereocenters. The Morgan fingerprint density at radius 3 is 1.58 bits per heavy atom. The van der Waals surface area contributed by atoms with Crippen molar-refractivity contribution in [1.29, 1.82) is 0 Å². The van der Waals surface area contributed by atoms with Gasteiger partial charge in [0.1, 0.15) is 0 Å². The molecule has 2 aromatic carbocycles. The lowest BCUT2D eigenvalue weighted by atomic mass is 9.88. The summed E-state index contributed by atoms with van der Waals surface area (Å²) in [7, 11) is 2.11. The first-order valence-electron chi connectivity index (χ1n) is 8.74. The second-order valence-corrected chi connectivity index (χ2v) is 7.78. The SMILES string of the molecule is CN1[C@H]2CC[C@H]1/C(=C\c1ccc(Cl)cc1)C(=O)/C2=C/c1ccc(Cl)cc1. The second-order valence-electron chi connectivity index (χ2n) is 6.91. The molecule has 2 nitrogen and oxygen atoms in total. The summed E-state index contributed by atoms with van der Waals surface area (Å²) in [5, 5.41) is 1.40. The number of fused-ring (bicyclic) bond motifs is 2. The molecule has 132 valence electrons. The minimum atomic E-state index is 0.153. The molecule has 2 heterocycles. The smallest absolute Gasteiger partial charge is 0.188 e. The number of hydrogen-bond acceptors (Lipinski definition) is 2. The molecule has 2 fully saturated rings. The van der Waals surface area contributed by atoms with Crippen LogP contribution in [-0.2, 0) is 4.79 Å². The molecule has 2 aromatic rings. The fourth-order valence-electron chi connectivity index (χ4n) is 3.96. The summed E-state index contributed by atoms with van der Waals surface area (Å²) in [6.07, 6.45) is 6.03. The Morgan fingerprint density at radius 1 is 0.808 bits per heavy atom. The fraction of sp³-hybridized carbons (Fsp3) is 0.227. The largest absolute Gasteiger partial charge is 0.292 e. The minimum Gasteiger partial charge on any atom is -0.292 e. The van der Waals surface area contributed by atoms with Gasteiger partial charge in [0.2, 0.25) is 0 Å². The third-order valence-electron chi connectivity index (χ3n) is 5.32. The van der Waals surface area contributed by atoms with Gasteiger partial charge in [-0.1, -0.05) is 47.5 Å². The predicted octanol–water partition coefficient (Wildman–Crippen LogP) is 5.51. The third kappa shape index (κ3) is 3.25. The highest BCUT2D eigenvalue weighted by Gasteiger charge is 2.44. The average molecular weight is 384 g/mol. The molecule has 0 radical (unpaired) electrons. The molecule has 2 saturated heterocycles. The van der Waals surface area contributed by atoms with Gasteiger partial charge in [-0.3, -0.25) is 9.69 Å². The van der Waals surface area contributed by atoms with Crippen LogP contribution >= 0.6 is 23.2 Å². The number of nitrogens with zero attached hydrogens (tertiary/aromatic N) is 1. The van der Waals surface area contributed by atoms with Gasteiger partial charge in [0.15, 0.2) is 5.78 Å². The number of ketones is 1. The summed E-state index contributed by atoms with van der Waals surface area (Å²) in [5.74, 6) is 0.153. The first kappa shape index (κ1) is 17.5. The lowest BCUT2D eigenvalue weighted by Gasteiger charge is -2.34. The Labute approximate surface area is 163 Å². The van der Waals surface area contributed by atoms with Crippen molar-refractivity contribution in [2.45, 2.75) is 24.9 Å². The average Bonchev–Trinajstić information content (AvgIpc) is 2.94. The summed E-state index contributed by atoms with van der Waals surface area (Å²) in [6.45, 7) is 0. The molecule has 2 atom stereocenters. The number of rotatable bonds is 2. The van der Waals surface area contributed by atoms with E-state index in [0.29, 0.717) is 10.0 Å². The van der Waals surface area contributed by atoms with Crippen molar-refractivity contribution in [3.8, 4) is 0 Å². The van der Waals surface area contributed by atoms with E-state index in [2.05, 4.69) is 11.9 Å². The maximum absolute atomic E-state index is 13.3. The Morgan fingerprint density at radius 2 is 1.19 bits per heavy atom. The van der Waals surface area contributed by atoms with E-state index in [4.69, 9.17) is 23.2 Å². The van der Waals surface area contributed by atoms with Crippen LogP contribution in [-0.4, -0.2) is 29.8 Å². The highest BCUT2D eigenvalue weighted by molar-refractivity contribution is 6.30. The summed E-state index contributed by atoms with van der Waals surface area (Å²) < 4.78 is 0. The van der Waals surface area contributed by atoms with E-state index in [1.165, 1.54) is 0 Å². The number of piperidine rings is 1. The van der Waals surface area contributed by atoms with Crippen molar-refractivity contribution in [2.75, 3.05) is 7.05 Å². The minimum absolute atomic E-state index is 0.153. The van der Waals surface area contributed by atoms with E-state index in [9.17, 15) is 4.79 Å². The summed E-state index contributed by atoms with van der Waals surface area (Å²) in [5.41, 5.74) is 3.73. The van der Waals surface area contributed by atoms with Crippen molar-refractivity contribution < 1.29 is 4.79 Å². The van der Waals surface area contributed by atoms with E-state index in [0.717, 1.165) is 35.1 Å². The van der Waals surface area contributed by atoms with Crippen LogP contribution in [0.15, 0.2) is 59.7 Å². The standard InChI is InChI=1S/C22H19Cl2NO/c1-25-20-10-11-21(25)19(13-15-4-8-17(24)9-5-15)22(26)18(20)12-14-2-6-16(23)7-3-14/h2-9,12-13,20-21H,10-11H2,1H3/b18-12+,19-13+/t20-,21-/m0/s1. The molecular weight excluding hydrogens is 365 g/mol. The van der Waals surface area contributed by atoms with Gasteiger partial charge < -0.3 is 0 Å². The van der Waals surface area contributed by atoms with Crippen LogP contribution in [0.25, 0.3) is 12.2 Å². The number of halogens is 2. The maximum atomic E-state index is 13.3. The molecule has 0 spiro atoms. The van der Waals surface area contributed by atoms with Gasteiger partial charge in [0.25, 0.3) is 0 Å². The Bertz CT molecular complexity index is 823. The van der Waals surface area contributed by atoms with Crippen LogP contribution in [0.2, 0.25) is 10.0 Å². The van der Waals surface area contributed by atoms with Crippen molar-refractivity contribution >= 4 is 41.1 Å². The lowest BCUT2D eigenvalue weighted by molar-refractivity contribution is -0.114. The van der Waals surface area contributed by atoms with Crippen LogP contribution < -0.4 is 0 Å². The molecule has 0 aliphatic carbocycles. The molecule has 0 saturated carbocycles. The molecule has 0 N–H and O–H groups in total. The van der Waals surface area contributed by atoms with Gasteiger partial charge in [-0.05, 0) is 67.4 Å². The molecule has 26 heavy (non-hydrogen) atoms. The number of carbonyl (C=O) groups excluding carboxylic acids is 1. The lowest BCUT2D eigenvalue weighted by Crippen LogP contribution is -2.43. The first-order chi connectivity index (χ1) is 12.5. The van der Waals surface area contributed by atoms with Crippen molar-refractivity contribution in [3.05, 3.63) is 80.8 Å². The zero-order valence-corrected chi connectivity index (χ0v) is 16.0. The Hall–Kier alpha value is -1.87. The summed E-state index contributed by atoms with van der Waals surface area (Å²) in [6, 6.07) is 15.6. The van der Waals surface area contributed by atoms with Crippen LogP contribution in [0.5, 0.6) is 0 Å². The maximum Gasteiger partial charge on any atom is 0.188 e. The molecule has 0 amide bonds. The molecule has 2 aliphatic heterocycles. The fourth-order valence-corrected chi connectivity index (χ4v) is 4.21.